The van der Waals surface area contributed by atoms with E-state index >= 15 is 0 Å². The highest BCUT2D eigenvalue weighted by Crippen LogP contribution is 2.20. The molecule has 0 N–H and O–H groups in total. The van der Waals surface area contributed by atoms with Crippen LogP contribution in [-0.4, -0.2) is 10.8 Å². The van der Waals surface area contributed by atoms with E-state index in [9.17, 15) is 0 Å². The van der Waals surface area contributed by atoms with Gasteiger partial charge in [0.25, 0.3) is 0 Å². The molecule has 0 atom stereocenters. The van der Waals surface area contributed by atoms with Gasteiger partial charge in [-0.2, -0.15) is 0 Å². The fourth-order valence-electron chi connectivity index (χ4n) is 2.42. The van der Waals surface area contributed by atoms with Gasteiger partial charge in [-0.1, -0.05) is 36.4 Å². The first-order chi connectivity index (χ1) is 11.9. The third kappa shape index (κ3) is 4.02. The molecule has 3 nitrogen and oxygen atoms in total. The topological polar surface area (TPSA) is 30.4 Å². The smallest absolute Gasteiger partial charge is 0.152 e. The van der Waals surface area contributed by atoms with Gasteiger partial charge in [-0.25, -0.2) is 0 Å². The monoisotopic (exact) mass is 316 g/mol. The quantitative estimate of drug-likeness (QED) is 0.431. The van der Waals surface area contributed by atoms with Crippen molar-refractivity contribution in [3.63, 3.8) is 0 Å². The lowest BCUT2D eigenvalue weighted by molar-refractivity contribution is 0.552. The molecule has 2 heterocycles. The fraction of sp³-hybridized carbons (Fsp3) is 0.0952. The number of aliphatic imine (C=N–C) groups is 1. The highest BCUT2D eigenvalue weighted by atomic mass is 16.3. The van der Waals surface area contributed by atoms with Crippen molar-refractivity contribution < 1.29 is 4.42 Å². The number of allylic oxidation sites excluding steroid dienone is 1. The molecule has 3 heteroatoms. The van der Waals surface area contributed by atoms with Crippen molar-refractivity contribution in [2.75, 3.05) is 0 Å². The van der Waals surface area contributed by atoms with Crippen LogP contribution in [0.2, 0.25) is 0 Å². The normalized spacial score (nSPS) is 11.9. The predicted molar refractivity (Wildman–Crippen MR) is 99.9 cm³/mol. The van der Waals surface area contributed by atoms with Gasteiger partial charge in [0.05, 0.1) is 18.2 Å². The summed E-state index contributed by atoms with van der Waals surface area (Å²) in [7, 11) is 0. The average Bonchev–Trinajstić information content (AvgIpc) is 3.29. The summed E-state index contributed by atoms with van der Waals surface area (Å²) in [5.74, 6) is 0.749. The molecule has 0 aliphatic heterocycles. The SMILES string of the molecule is C=CCCn1cccc1C=N/C(=C\c1ccccc1)c1ccco1. The van der Waals surface area contributed by atoms with E-state index in [0.717, 1.165) is 35.7 Å². The molecule has 0 unspecified atom stereocenters. The van der Waals surface area contributed by atoms with E-state index < -0.39 is 0 Å². The Morgan fingerprint density at radius 2 is 1.96 bits per heavy atom. The van der Waals surface area contributed by atoms with Gasteiger partial charge in [0.15, 0.2) is 5.76 Å². The minimum atomic E-state index is 0.749. The average molecular weight is 316 g/mol. The minimum Gasteiger partial charge on any atom is -0.463 e. The van der Waals surface area contributed by atoms with Crippen LogP contribution >= 0.6 is 0 Å². The van der Waals surface area contributed by atoms with E-state index in [2.05, 4.69) is 28.4 Å². The molecule has 3 aromatic rings. The summed E-state index contributed by atoms with van der Waals surface area (Å²) >= 11 is 0. The zero-order valence-electron chi connectivity index (χ0n) is 13.5. The van der Waals surface area contributed by atoms with Gasteiger partial charge < -0.3 is 8.98 Å². The Bertz CT molecular complexity index is 824. The highest BCUT2D eigenvalue weighted by Gasteiger charge is 2.04. The van der Waals surface area contributed by atoms with Crippen molar-refractivity contribution in [2.45, 2.75) is 13.0 Å². The second-order valence-electron chi connectivity index (χ2n) is 5.38. The summed E-state index contributed by atoms with van der Waals surface area (Å²) in [6.45, 7) is 4.68. The molecule has 0 saturated carbocycles. The van der Waals surface area contributed by atoms with Crippen LogP contribution < -0.4 is 0 Å². The van der Waals surface area contributed by atoms with Gasteiger partial charge in [0.1, 0.15) is 5.70 Å². The molecule has 24 heavy (non-hydrogen) atoms. The van der Waals surface area contributed by atoms with E-state index in [1.807, 2.05) is 66.9 Å². The third-order valence-corrected chi connectivity index (χ3v) is 3.65. The largest absolute Gasteiger partial charge is 0.463 e. The van der Waals surface area contributed by atoms with Gasteiger partial charge in [-0.05, 0) is 42.3 Å². The molecule has 0 fully saturated rings. The van der Waals surface area contributed by atoms with Crippen molar-refractivity contribution in [1.82, 2.24) is 4.57 Å². The third-order valence-electron chi connectivity index (χ3n) is 3.65. The summed E-state index contributed by atoms with van der Waals surface area (Å²) in [6.07, 6.45) is 10.5. The van der Waals surface area contributed by atoms with Crippen molar-refractivity contribution in [3.8, 4) is 0 Å². The van der Waals surface area contributed by atoms with Gasteiger partial charge in [-0.15, -0.1) is 6.58 Å². The van der Waals surface area contributed by atoms with Gasteiger partial charge in [0, 0.05) is 12.7 Å². The lowest BCUT2D eigenvalue weighted by Gasteiger charge is -2.04. The summed E-state index contributed by atoms with van der Waals surface area (Å²) in [6, 6.07) is 18.0. The van der Waals surface area contributed by atoms with Crippen LogP contribution in [0.3, 0.4) is 0 Å². The number of rotatable bonds is 7. The van der Waals surface area contributed by atoms with Crippen LogP contribution in [0.1, 0.15) is 23.4 Å². The maximum absolute atomic E-state index is 5.53. The molecular weight excluding hydrogens is 296 g/mol. The Labute approximate surface area is 142 Å². The highest BCUT2D eigenvalue weighted by molar-refractivity contribution is 5.88. The number of aromatic nitrogens is 1. The van der Waals surface area contributed by atoms with Crippen LogP contribution in [-0.2, 0) is 6.54 Å². The molecule has 0 radical (unpaired) electrons. The first kappa shape index (κ1) is 15.8. The van der Waals surface area contributed by atoms with Crippen LogP contribution in [0.25, 0.3) is 11.8 Å². The number of aryl methyl sites for hydroxylation is 1. The Kier molecular flexibility index (Phi) is 5.25. The first-order valence-electron chi connectivity index (χ1n) is 7.97. The van der Waals surface area contributed by atoms with Crippen LogP contribution in [0.4, 0.5) is 0 Å². The molecule has 120 valence electrons. The summed E-state index contributed by atoms with van der Waals surface area (Å²) < 4.78 is 7.69. The lowest BCUT2D eigenvalue weighted by Crippen LogP contribution is -2.00. The van der Waals surface area contributed by atoms with Crippen molar-refractivity contribution in [3.05, 3.63) is 96.7 Å². The van der Waals surface area contributed by atoms with Crippen LogP contribution in [0, 0.1) is 0 Å². The van der Waals surface area contributed by atoms with Crippen LogP contribution in [0.5, 0.6) is 0 Å². The van der Waals surface area contributed by atoms with Crippen molar-refractivity contribution >= 4 is 18.0 Å². The Morgan fingerprint density at radius 3 is 2.71 bits per heavy atom. The fourth-order valence-corrected chi connectivity index (χ4v) is 2.42. The minimum absolute atomic E-state index is 0.749. The molecular formula is C21H20N2O. The van der Waals surface area contributed by atoms with E-state index in [-0.39, 0.29) is 0 Å². The number of hydrogen-bond donors (Lipinski definition) is 0. The molecule has 1 aromatic carbocycles. The standard InChI is InChI=1S/C21H20N2O/c1-2-3-13-23-14-7-11-19(23)17-22-20(21-12-8-15-24-21)16-18-9-5-4-6-10-18/h2,4-12,14-17H,1,3,13H2/b20-16-,22-17?. The molecule has 0 amide bonds. The molecule has 0 aliphatic carbocycles. The van der Waals surface area contributed by atoms with Gasteiger partial charge in [-0.3, -0.25) is 4.99 Å². The van der Waals surface area contributed by atoms with Crippen molar-refractivity contribution in [1.29, 1.82) is 0 Å². The van der Waals surface area contributed by atoms with E-state index in [1.165, 1.54) is 0 Å². The summed E-state index contributed by atoms with van der Waals surface area (Å²) in [5.41, 5.74) is 2.94. The Morgan fingerprint density at radius 1 is 1.08 bits per heavy atom. The lowest BCUT2D eigenvalue weighted by atomic mass is 10.2. The Balaban J connectivity index is 1.89. The number of furan rings is 1. The Hall–Kier alpha value is -3.07. The zero-order chi connectivity index (χ0) is 16.6. The second kappa shape index (κ2) is 7.97. The molecule has 2 aromatic heterocycles. The van der Waals surface area contributed by atoms with E-state index in [0.29, 0.717) is 0 Å². The van der Waals surface area contributed by atoms with Gasteiger partial charge >= 0.3 is 0 Å². The first-order valence-corrected chi connectivity index (χ1v) is 7.97. The molecule has 0 aliphatic rings. The summed E-state index contributed by atoms with van der Waals surface area (Å²) in [4.78, 5) is 4.67. The van der Waals surface area contributed by atoms with Crippen LogP contribution in [0.15, 0.2) is 89.1 Å². The number of hydrogen-bond acceptors (Lipinski definition) is 2. The molecule has 0 saturated heterocycles. The van der Waals surface area contributed by atoms with E-state index in [1.54, 1.807) is 6.26 Å². The maximum atomic E-state index is 5.53. The second-order valence-corrected chi connectivity index (χ2v) is 5.38. The molecule has 3 rings (SSSR count). The predicted octanol–water partition coefficient (Wildman–Crippen LogP) is 5.27. The number of benzene rings is 1. The molecule has 0 bridgehead atoms. The van der Waals surface area contributed by atoms with Gasteiger partial charge in [0.2, 0.25) is 0 Å². The number of nitrogens with zero attached hydrogens (tertiary/aromatic N) is 2. The van der Waals surface area contributed by atoms with E-state index in [4.69, 9.17) is 4.42 Å². The van der Waals surface area contributed by atoms with Crippen molar-refractivity contribution in [2.24, 2.45) is 4.99 Å². The molecule has 0 spiro atoms. The maximum Gasteiger partial charge on any atom is 0.152 e. The zero-order valence-corrected chi connectivity index (χ0v) is 13.5. The summed E-state index contributed by atoms with van der Waals surface area (Å²) in [5, 5.41) is 0.